The molecule has 1 aliphatic rings. The fourth-order valence-corrected chi connectivity index (χ4v) is 3.24. The molecule has 94 valence electrons. The van der Waals surface area contributed by atoms with Gasteiger partial charge in [-0.2, -0.15) is 0 Å². The van der Waals surface area contributed by atoms with Crippen LogP contribution < -0.4 is 5.73 Å². The van der Waals surface area contributed by atoms with Crippen molar-refractivity contribution in [3.05, 3.63) is 35.4 Å². The third kappa shape index (κ3) is 3.10. The molecule has 3 atom stereocenters. The molecule has 17 heavy (non-hydrogen) atoms. The Kier molecular flexibility index (Phi) is 4.22. The predicted octanol–water partition coefficient (Wildman–Crippen LogP) is 4.01. The van der Waals surface area contributed by atoms with Gasteiger partial charge in [0, 0.05) is 6.04 Å². The van der Waals surface area contributed by atoms with Gasteiger partial charge in [0.2, 0.25) is 0 Å². The number of nitrogens with two attached hydrogens (primary N) is 1. The minimum absolute atomic E-state index is 0.366. The Morgan fingerprint density at radius 1 is 1.29 bits per heavy atom. The molecule has 1 aliphatic carbocycles. The maximum absolute atomic E-state index is 6.32. The van der Waals surface area contributed by atoms with Crippen LogP contribution >= 0.6 is 0 Å². The summed E-state index contributed by atoms with van der Waals surface area (Å²) < 4.78 is 0. The number of benzene rings is 1. The van der Waals surface area contributed by atoms with Gasteiger partial charge in [0.25, 0.3) is 0 Å². The first-order valence-corrected chi connectivity index (χ1v) is 7.03. The standard InChI is InChI=1S/C16H25N/c1-3-5-13-8-9-16(17)15(11-13)14-7-4-6-12(2)10-14/h4,6-7,10,13,15-16H,3,5,8-9,11,17H2,1-2H3. The van der Waals surface area contributed by atoms with E-state index in [2.05, 4.69) is 38.1 Å². The predicted molar refractivity (Wildman–Crippen MR) is 74.1 cm³/mol. The van der Waals surface area contributed by atoms with Crippen LogP contribution in [0.15, 0.2) is 24.3 Å². The second-order valence-electron chi connectivity index (χ2n) is 5.65. The average molecular weight is 231 g/mol. The normalized spacial score (nSPS) is 29.2. The lowest BCUT2D eigenvalue weighted by molar-refractivity contribution is 0.274. The van der Waals surface area contributed by atoms with E-state index in [1.807, 2.05) is 0 Å². The molecule has 0 radical (unpaired) electrons. The highest BCUT2D eigenvalue weighted by atomic mass is 14.7. The van der Waals surface area contributed by atoms with E-state index in [0.717, 1.165) is 5.92 Å². The molecule has 1 nitrogen and oxygen atoms in total. The van der Waals surface area contributed by atoms with Crippen molar-refractivity contribution in [1.29, 1.82) is 0 Å². The molecular weight excluding hydrogens is 206 g/mol. The highest BCUT2D eigenvalue weighted by molar-refractivity contribution is 5.27. The monoisotopic (exact) mass is 231 g/mol. The summed E-state index contributed by atoms with van der Waals surface area (Å²) in [5.41, 5.74) is 9.13. The highest BCUT2D eigenvalue weighted by Gasteiger charge is 2.28. The zero-order valence-electron chi connectivity index (χ0n) is 11.2. The smallest absolute Gasteiger partial charge is 0.0108 e. The minimum atomic E-state index is 0.366. The van der Waals surface area contributed by atoms with Crippen LogP contribution in [0.1, 0.15) is 56.1 Å². The van der Waals surface area contributed by atoms with Crippen LogP contribution in [-0.2, 0) is 0 Å². The van der Waals surface area contributed by atoms with E-state index in [1.165, 1.54) is 43.2 Å². The molecule has 1 saturated carbocycles. The Balaban J connectivity index is 2.12. The van der Waals surface area contributed by atoms with Crippen LogP contribution in [0.3, 0.4) is 0 Å². The zero-order chi connectivity index (χ0) is 12.3. The van der Waals surface area contributed by atoms with E-state index >= 15 is 0 Å². The molecule has 2 rings (SSSR count). The largest absolute Gasteiger partial charge is 0.327 e. The first kappa shape index (κ1) is 12.6. The second-order valence-corrected chi connectivity index (χ2v) is 5.65. The van der Waals surface area contributed by atoms with Crippen LogP contribution in [0.25, 0.3) is 0 Å². The Labute approximate surface area is 105 Å². The maximum Gasteiger partial charge on any atom is 0.0108 e. The van der Waals surface area contributed by atoms with E-state index < -0.39 is 0 Å². The van der Waals surface area contributed by atoms with Crippen molar-refractivity contribution < 1.29 is 0 Å². The summed E-state index contributed by atoms with van der Waals surface area (Å²) >= 11 is 0. The molecule has 1 aromatic rings. The molecule has 0 aromatic heterocycles. The van der Waals surface area contributed by atoms with Gasteiger partial charge in [-0.15, -0.1) is 0 Å². The Hall–Kier alpha value is -0.820. The summed E-state index contributed by atoms with van der Waals surface area (Å²) in [6.07, 6.45) is 6.49. The fourth-order valence-electron chi connectivity index (χ4n) is 3.24. The molecular formula is C16H25N. The van der Waals surface area contributed by atoms with Crippen LogP contribution in [0.2, 0.25) is 0 Å². The van der Waals surface area contributed by atoms with E-state index in [-0.39, 0.29) is 0 Å². The van der Waals surface area contributed by atoms with Crippen LogP contribution in [-0.4, -0.2) is 6.04 Å². The van der Waals surface area contributed by atoms with E-state index in [9.17, 15) is 0 Å². The number of hydrogen-bond donors (Lipinski definition) is 1. The highest BCUT2D eigenvalue weighted by Crippen LogP contribution is 2.37. The van der Waals surface area contributed by atoms with Crippen LogP contribution in [0, 0.1) is 12.8 Å². The van der Waals surface area contributed by atoms with Gasteiger partial charge >= 0.3 is 0 Å². The van der Waals surface area contributed by atoms with Crippen molar-refractivity contribution in [2.24, 2.45) is 11.7 Å². The van der Waals surface area contributed by atoms with Gasteiger partial charge in [-0.05, 0) is 43.6 Å². The molecule has 0 amide bonds. The van der Waals surface area contributed by atoms with Crippen molar-refractivity contribution in [3.8, 4) is 0 Å². The van der Waals surface area contributed by atoms with Gasteiger partial charge in [0.1, 0.15) is 0 Å². The topological polar surface area (TPSA) is 26.0 Å². The molecule has 3 unspecified atom stereocenters. The lowest BCUT2D eigenvalue weighted by Crippen LogP contribution is -2.34. The van der Waals surface area contributed by atoms with E-state index in [0.29, 0.717) is 12.0 Å². The number of hydrogen-bond acceptors (Lipinski definition) is 1. The van der Waals surface area contributed by atoms with E-state index in [1.54, 1.807) is 0 Å². The summed E-state index contributed by atoms with van der Waals surface area (Å²) in [5.74, 6) is 1.48. The molecule has 0 bridgehead atoms. The molecule has 0 spiro atoms. The summed E-state index contributed by atoms with van der Waals surface area (Å²) in [4.78, 5) is 0. The third-order valence-electron chi connectivity index (χ3n) is 4.18. The first-order chi connectivity index (χ1) is 8.20. The third-order valence-corrected chi connectivity index (χ3v) is 4.18. The summed E-state index contributed by atoms with van der Waals surface area (Å²) in [5, 5.41) is 0. The zero-order valence-corrected chi connectivity index (χ0v) is 11.2. The summed E-state index contributed by atoms with van der Waals surface area (Å²) in [6, 6.07) is 9.28. The number of aryl methyl sites for hydroxylation is 1. The molecule has 1 fully saturated rings. The number of rotatable bonds is 3. The van der Waals surface area contributed by atoms with Crippen molar-refractivity contribution in [2.45, 2.75) is 57.9 Å². The Morgan fingerprint density at radius 2 is 2.12 bits per heavy atom. The fraction of sp³-hybridized carbons (Fsp3) is 0.625. The molecule has 0 saturated heterocycles. The molecule has 0 aliphatic heterocycles. The maximum atomic E-state index is 6.32. The van der Waals surface area contributed by atoms with Gasteiger partial charge in [-0.1, -0.05) is 49.6 Å². The van der Waals surface area contributed by atoms with E-state index in [4.69, 9.17) is 5.73 Å². The van der Waals surface area contributed by atoms with Gasteiger partial charge in [0.15, 0.2) is 0 Å². The molecule has 0 heterocycles. The quantitative estimate of drug-likeness (QED) is 0.836. The van der Waals surface area contributed by atoms with Gasteiger partial charge < -0.3 is 5.73 Å². The summed E-state index contributed by atoms with van der Waals surface area (Å²) in [7, 11) is 0. The van der Waals surface area contributed by atoms with Crippen molar-refractivity contribution in [3.63, 3.8) is 0 Å². The first-order valence-electron chi connectivity index (χ1n) is 7.03. The lowest BCUT2D eigenvalue weighted by atomic mass is 9.73. The van der Waals surface area contributed by atoms with Crippen LogP contribution in [0.4, 0.5) is 0 Å². The van der Waals surface area contributed by atoms with Crippen molar-refractivity contribution >= 4 is 0 Å². The Morgan fingerprint density at radius 3 is 2.82 bits per heavy atom. The van der Waals surface area contributed by atoms with Crippen LogP contribution in [0.5, 0.6) is 0 Å². The lowest BCUT2D eigenvalue weighted by Gasteiger charge is -2.34. The van der Waals surface area contributed by atoms with Gasteiger partial charge in [0.05, 0.1) is 0 Å². The molecule has 2 N–H and O–H groups in total. The second kappa shape index (κ2) is 5.68. The summed E-state index contributed by atoms with van der Waals surface area (Å²) in [6.45, 7) is 4.46. The SMILES string of the molecule is CCCC1CCC(N)C(c2cccc(C)c2)C1. The average Bonchev–Trinajstić information content (AvgIpc) is 2.32. The molecule has 1 aromatic carbocycles. The Bertz CT molecular complexity index is 358. The van der Waals surface area contributed by atoms with Gasteiger partial charge in [-0.25, -0.2) is 0 Å². The van der Waals surface area contributed by atoms with Crippen molar-refractivity contribution in [2.75, 3.05) is 0 Å². The van der Waals surface area contributed by atoms with Gasteiger partial charge in [-0.3, -0.25) is 0 Å². The molecule has 1 heteroatoms. The van der Waals surface area contributed by atoms with Crippen molar-refractivity contribution in [1.82, 2.24) is 0 Å². The minimum Gasteiger partial charge on any atom is -0.327 e.